The molecule has 212 valence electrons. The number of likely N-dealkylation sites (tertiary alicyclic amines) is 1. The molecule has 5 rings (SSSR count). The van der Waals surface area contributed by atoms with E-state index in [-0.39, 0.29) is 35.4 Å². The number of benzene rings is 1. The highest BCUT2D eigenvalue weighted by atomic mass is 16.5. The highest BCUT2D eigenvalue weighted by Gasteiger charge is 2.54. The monoisotopic (exact) mass is 546 g/mol. The number of carbonyl (C=O) groups excluding carboxylic acids is 2. The lowest BCUT2D eigenvalue weighted by atomic mass is 9.66. The summed E-state index contributed by atoms with van der Waals surface area (Å²) in [5.74, 6) is -0.616. The second-order valence-corrected chi connectivity index (χ2v) is 11.5. The molecule has 0 spiro atoms. The molecule has 0 bridgehead atoms. The molecule has 8 heteroatoms. The zero-order chi connectivity index (χ0) is 28.9. The number of carboxylic acid groups (broad SMARTS) is 1. The first-order chi connectivity index (χ1) is 19.1. The SMILES string of the molecule is CCN1C(=O)[C@H]2[C@H](C[C@H]1C(C)C)OC1=C(C(=O)CCC1)[C@@H]2c1c(OC)ccc(-c2ccc(C)c(C(=O)O)n2)c1C. The van der Waals surface area contributed by atoms with Crippen molar-refractivity contribution in [2.75, 3.05) is 13.7 Å². The summed E-state index contributed by atoms with van der Waals surface area (Å²) in [4.78, 5) is 46.1. The lowest BCUT2D eigenvalue weighted by Crippen LogP contribution is -2.59. The van der Waals surface area contributed by atoms with Crippen molar-refractivity contribution in [2.24, 2.45) is 11.8 Å². The number of carbonyl (C=O) groups is 3. The Hall–Kier alpha value is -3.68. The number of Topliss-reactive ketones (excluding diaryl/α,β-unsaturated/α-hetero) is 1. The van der Waals surface area contributed by atoms with Gasteiger partial charge < -0.3 is 19.5 Å². The van der Waals surface area contributed by atoms with Gasteiger partial charge in [0.25, 0.3) is 0 Å². The first-order valence-electron chi connectivity index (χ1n) is 14.2. The van der Waals surface area contributed by atoms with E-state index in [0.717, 1.165) is 23.1 Å². The normalized spacial score (nSPS) is 24.5. The number of piperidine rings is 1. The van der Waals surface area contributed by atoms with Crippen LogP contribution in [0.2, 0.25) is 0 Å². The van der Waals surface area contributed by atoms with Gasteiger partial charge in [0, 0.05) is 54.5 Å². The zero-order valence-electron chi connectivity index (χ0n) is 24.1. The molecule has 1 aliphatic carbocycles. The summed E-state index contributed by atoms with van der Waals surface area (Å²) >= 11 is 0. The van der Waals surface area contributed by atoms with Crippen molar-refractivity contribution in [3.05, 3.63) is 58.0 Å². The fourth-order valence-corrected chi connectivity index (χ4v) is 6.96. The number of fused-ring (bicyclic) bond motifs is 1. The minimum absolute atomic E-state index is 0.000791. The van der Waals surface area contributed by atoms with E-state index in [2.05, 4.69) is 18.8 Å². The fraction of sp³-hybridized carbons (Fsp3) is 0.500. The van der Waals surface area contributed by atoms with E-state index < -0.39 is 17.8 Å². The number of aromatic nitrogens is 1. The number of ketones is 1. The maximum atomic E-state index is 14.3. The number of methoxy groups -OCH3 is 1. The standard InChI is InChI=1S/C32H38N2O6/c1-7-34-21(16(2)3)15-25-28(31(34)36)29(27-22(35)9-8-10-24(27)40-25)26-18(5)19(12-14-23(26)39-6)20-13-11-17(4)30(33-20)32(37)38/h11-14,16,21,25,28-29H,7-10,15H2,1-6H3,(H,37,38)/t21-,25-,28-,29-/m0/s1. The molecule has 3 heterocycles. The Morgan fingerprint density at radius 3 is 2.58 bits per heavy atom. The van der Waals surface area contributed by atoms with Gasteiger partial charge in [-0.2, -0.15) is 0 Å². The number of aryl methyl sites for hydroxylation is 1. The minimum atomic E-state index is -1.09. The second kappa shape index (κ2) is 10.7. The molecule has 1 saturated heterocycles. The molecule has 1 amide bonds. The van der Waals surface area contributed by atoms with Crippen LogP contribution in [-0.4, -0.2) is 58.5 Å². The lowest BCUT2D eigenvalue weighted by Gasteiger charge is -2.50. The van der Waals surface area contributed by atoms with E-state index in [1.54, 1.807) is 26.2 Å². The largest absolute Gasteiger partial charge is 0.496 e. The summed E-state index contributed by atoms with van der Waals surface area (Å²) < 4.78 is 12.4. The maximum absolute atomic E-state index is 14.3. The Bertz CT molecular complexity index is 1410. The van der Waals surface area contributed by atoms with E-state index in [4.69, 9.17) is 9.47 Å². The minimum Gasteiger partial charge on any atom is -0.496 e. The Morgan fingerprint density at radius 2 is 1.93 bits per heavy atom. The molecular weight excluding hydrogens is 508 g/mol. The van der Waals surface area contributed by atoms with Gasteiger partial charge in [-0.25, -0.2) is 9.78 Å². The van der Waals surface area contributed by atoms with E-state index in [1.165, 1.54) is 0 Å². The number of hydrogen-bond acceptors (Lipinski definition) is 6. The molecule has 2 aromatic rings. The van der Waals surface area contributed by atoms with Crippen LogP contribution in [-0.2, 0) is 14.3 Å². The van der Waals surface area contributed by atoms with Gasteiger partial charge in [-0.3, -0.25) is 9.59 Å². The molecule has 1 aromatic carbocycles. The molecular formula is C32H38N2O6. The summed E-state index contributed by atoms with van der Waals surface area (Å²) in [7, 11) is 1.59. The third-order valence-electron chi connectivity index (χ3n) is 8.91. The molecule has 3 aliphatic rings. The molecule has 2 aliphatic heterocycles. The van der Waals surface area contributed by atoms with Gasteiger partial charge in [0.15, 0.2) is 11.5 Å². The number of amides is 1. The maximum Gasteiger partial charge on any atom is 0.354 e. The number of aromatic carboxylic acids is 1. The summed E-state index contributed by atoms with van der Waals surface area (Å²) in [5.41, 5.74) is 3.99. The average molecular weight is 547 g/mol. The molecule has 0 saturated carbocycles. The van der Waals surface area contributed by atoms with Crippen molar-refractivity contribution in [3.63, 3.8) is 0 Å². The zero-order valence-corrected chi connectivity index (χ0v) is 24.1. The van der Waals surface area contributed by atoms with E-state index in [0.29, 0.717) is 54.1 Å². The van der Waals surface area contributed by atoms with E-state index >= 15 is 0 Å². The van der Waals surface area contributed by atoms with Crippen LogP contribution in [0.25, 0.3) is 11.3 Å². The Kier molecular flexibility index (Phi) is 7.46. The van der Waals surface area contributed by atoms with Crippen molar-refractivity contribution in [1.29, 1.82) is 0 Å². The summed E-state index contributed by atoms with van der Waals surface area (Å²) in [6.45, 7) is 10.5. The highest BCUT2D eigenvalue weighted by Crippen LogP contribution is 2.53. The number of hydrogen-bond donors (Lipinski definition) is 1. The van der Waals surface area contributed by atoms with Gasteiger partial charge in [0.2, 0.25) is 5.91 Å². The van der Waals surface area contributed by atoms with Crippen LogP contribution in [0.1, 0.15) is 79.6 Å². The molecule has 0 radical (unpaired) electrons. The van der Waals surface area contributed by atoms with Gasteiger partial charge in [0.05, 0.1) is 18.7 Å². The van der Waals surface area contributed by atoms with Gasteiger partial charge in [0.1, 0.15) is 17.6 Å². The quantitative estimate of drug-likeness (QED) is 0.513. The van der Waals surface area contributed by atoms with Gasteiger partial charge in [-0.1, -0.05) is 19.9 Å². The van der Waals surface area contributed by atoms with Crippen LogP contribution < -0.4 is 4.74 Å². The van der Waals surface area contributed by atoms with Gasteiger partial charge in [-0.05, 0) is 62.4 Å². The van der Waals surface area contributed by atoms with Crippen molar-refractivity contribution in [2.45, 2.75) is 78.4 Å². The third-order valence-corrected chi connectivity index (χ3v) is 8.91. The van der Waals surface area contributed by atoms with E-state index in [9.17, 15) is 19.5 Å². The summed E-state index contributed by atoms with van der Waals surface area (Å²) in [6.07, 6.45) is 2.17. The predicted molar refractivity (Wildman–Crippen MR) is 150 cm³/mol. The first kappa shape index (κ1) is 27.9. The van der Waals surface area contributed by atoms with Crippen LogP contribution >= 0.6 is 0 Å². The molecule has 8 nitrogen and oxygen atoms in total. The highest BCUT2D eigenvalue weighted by molar-refractivity contribution is 6.00. The summed E-state index contributed by atoms with van der Waals surface area (Å²) in [6, 6.07) is 7.31. The molecule has 4 atom stereocenters. The fourth-order valence-electron chi connectivity index (χ4n) is 6.96. The van der Waals surface area contributed by atoms with Crippen molar-refractivity contribution < 1.29 is 29.0 Å². The van der Waals surface area contributed by atoms with Crippen LogP contribution in [0, 0.1) is 25.7 Å². The Morgan fingerprint density at radius 1 is 1.18 bits per heavy atom. The van der Waals surface area contributed by atoms with Gasteiger partial charge in [-0.15, -0.1) is 0 Å². The third kappa shape index (κ3) is 4.47. The smallest absolute Gasteiger partial charge is 0.354 e. The van der Waals surface area contributed by atoms with Gasteiger partial charge >= 0.3 is 5.97 Å². The summed E-state index contributed by atoms with van der Waals surface area (Å²) in [5, 5.41) is 9.69. The number of rotatable bonds is 6. The lowest BCUT2D eigenvalue weighted by molar-refractivity contribution is -0.155. The molecule has 1 N–H and O–H groups in total. The second-order valence-electron chi connectivity index (χ2n) is 11.5. The number of pyridine rings is 1. The number of nitrogens with zero attached hydrogens (tertiary/aromatic N) is 2. The van der Waals surface area contributed by atoms with Crippen molar-refractivity contribution >= 4 is 17.7 Å². The Balaban J connectivity index is 1.74. The van der Waals surface area contributed by atoms with Crippen molar-refractivity contribution in [1.82, 2.24) is 9.88 Å². The van der Waals surface area contributed by atoms with Crippen LogP contribution in [0.5, 0.6) is 5.75 Å². The molecule has 1 fully saturated rings. The van der Waals surface area contributed by atoms with Crippen LogP contribution in [0.4, 0.5) is 0 Å². The Labute approximate surface area is 235 Å². The first-order valence-corrected chi connectivity index (χ1v) is 14.2. The van der Waals surface area contributed by atoms with Crippen molar-refractivity contribution in [3.8, 4) is 17.0 Å². The van der Waals surface area contributed by atoms with Crippen LogP contribution in [0.3, 0.4) is 0 Å². The molecule has 1 aromatic heterocycles. The topological polar surface area (TPSA) is 106 Å². The van der Waals surface area contributed by atoms with E-state index in [1.807, 2.05) is 30.9 Å². The molecule has 0 unspecified atom stereocenters. The number of allylic oxidation sites excluding steroid dienone is 2. The number of ether oxygens (including phenoxy) is 2. The van der Waals surface area contributed by atoms with Crippen LogP contribution in [0.15, 0.2) is 35.6 Å². The molecule has 40 heavy (non-hydrogen) atoms. The predicted octanol–water partition coefficient (Wildman–Crippen LogP) is 5.45. The number of carboxylic acids is 1. The average Bonchev–Trinajstić information content (AvgIpc) is 2.92.